The van der Waals surface area contributed by atoms with E-state index in [2.05, 4.69) is 12.1 Å². The molecular weight excluding hydrogens is 380 g/mol. The monoisotopic (exact) mass is 410 g/mol. The Morgan fingerprint density at radius 2 is 1.47 bits per heavy atom. The average Bonchev–Trinajstić information content (AvgIpc) is 2.79. The maximum absolute atomic E-state index is 13.0. The summed E-state index contributed by atoms with van der Waals surface area (Å²) in [6.07, 6.45) is 2.28. The number of hydrogen-bond donors (Lipinski definition) is 0. The number of carbonyl (C=O) groups is 2. The van der Waals surface area contributed by atoms with Crippen molar-refractivity contribution in [1.29, 1.82) is 0 Å². The normalized spacial score (nSPS) is 13.8. The molecule has 2 aromatic rings. The molecule has 0 aromatic heterocycles. The van der Waals surface area contributed by atoms with Crippen LogP contribution >= 0.6 is 0 Å². The zero-order chi connectivity index (χ0) is 21.5. The second kappa shape index (κ2) is 10.1. The van der Waals surface area contributed by atoms with E-state index in [1.165, 1.54) is 5.56 Å². The zero-order valence-electron chi connectivity index (χ0n) is 18.0. The lowest BCUT2D eigenvalue weighted by atomic mass is 10.1. The standard InChI is InChI=1S/C24H30N2O4/c1-18-21(29-2)16-20(17-22(18)30-3)24(28)26-14-12-25(13-15-26)23(27)11-7-10-19-8-5-4-6-9-19/h4-6,8-9,16-17H,7,10-15H2,1-3H3. The third kappa shape index (κ3) is 5.12. The molecule has 2 amide bonds. The topological polar surface area (TPSA) is 59.1 Å². The lowest BCUT2D eigenvalue weighted by molar-refractivity contribution is -0.132. The van der Waals surface area contributed by atoms with Gasteiger partial charge in [0.1, 0.15) is 11.5 Å². The van der Waals surface area contributed by atoms with E-state index >= 15 is 0 Å². The van der Waals surface area contributed by atoms with Crippen molar-refractivity contribution in [2.24, 2.45) is 0 Å². The van der Waals surface area contributed by atoms with Crippen LogP contribution in [0.15, 0.2) is 42.5 Å². The van der Waals surface area contributed by atoms with Gasteiger partial charge in [-0.2, -0.15) is 0 Å². The van der Waals surface area contributed by atoms with Crippen molar-refractivity contribution in [2.75, 3.05) is 40.4 Å². The molecule has 0 radical (unpaired) electrons. The minimum Gasteiger partial charge on any atom is -0.496 e. The number of ether oxygens (including phenoxy) is 2. The molecule has 0 saturated carbocycles. The maximum Gasteiger partial charge on any atom is 0.254 e. The number of nitrogens with zero attached hydrogens (tertiary/aromatic N) is 2. The number of amides is 2. The van der Waals surface area contributed by atoms with Crippen molar-refractivity contribution in [3.05, 3.63) is 59.2 Å². The first-order valence-electron chi connectivity index (χ1n) is 10.4. The molecular formula is C24H30N2O4. The number of carbonyl (C=O) groups excluding carboxylic acids is 2. The predicted octanol–water partition coefficient (Wildman–Crippen LogP) is 3.32. The van der Waals surface area contributed by atoms with Crippen molar-refractivity contribution < 1.29 is 19.1 Å². The minimum atomic E-state index is -0.0669. The molecule has 30 heavy (non-hydrogen) atoms. The lowest BCUT2D eigenvalue weighted by Crippen LogP contribution is -2.50. The number of benzene rings is 2. The van der Waals surface area contributed by atoms with Gasteiger partial charge < -0.3 is 19.3 Å². The average molecular weight is 411 g/mol. The molecule has 1 saturated heterocycles. The van der Waals surface area contributed by atoms with Gasteiger partial charge in [0, 0.05) is 43.7 Å². The van der Waals surface area contributed by atoms with Crippen molar-refractivity contribution in [1.82, 2.24) is 9.80 Å². The molecule has 0 unspecified atom stereocenters. The van der Waals surface area contributed by atoms with Crippen LogP contribution in [0.25, 0.3) is 0 Å². The molecule has 0 N–H and O–H groups in total. The summed E-state index contributed by atoms with van der Waals surface area (Å²) >= 11 is 0. The quantitative estimate of drug-likeness (QED) is 0.703. The van der Waals surface area contributed by atoms with Crippen molar-refractivity contribution in [3.8, 4) is 11.5 Å². The number of aryl methyl sites for hydroxylation is 1. The summed E-state index contributed by atoms with van der Waals surface area (Å²) in [5.41, 5.74) is 2.66. The SMILES string of the molecule is COc1cc(C(=O)N2CCN(C(=O)CCCc3ccccc3)CC2)cc(OC)c1C. The van der Waals surface area contributed by atoms with Crippen molar-refractivity contribution in [3.63, 3.8) is 0 Å². The lowest BCUT2D eigenvalue weighted by Gasteiger charge is -2.35. The van der Waals surface area contributed by atoms with Crippen LogP contribution in [0.4, 0.5) is 0 Å². The molecule has 2 aromatic carbocycles. The highest BCUT2D eigenvalue weighted by atomic mass is 16.5. The Hall–Kier alpha value is -3.02. The van der Waals surface area contributed by atoms with E-state index in [1.54, 1.807) is 31.3 Å². The van der Waals surface area contributed by atoms with Crippen molar-refractivity contribution >= 4 is 11.8 Å². The third-order valence-electron chi connectivity index (χ3n) is 5.62. The maximum atomic E-state index is 13.0. The molecule has 160 valence electrons. The Bertz CT molecular complexity index is 849. The fourth-order valence-electron chi connectivity index (χ4n) is 3.80. The van der Waals surface area contributed by atoms with E-state index in [-0.39, 0.29) is 11.8 Å². The Morgan fingerprint density at radius 3 is 2.03 bits per heavy atom. The van der Waals surface area contributed by atoms with Crippen LogP contribution < -0.4 is 9.47 Å². The molecule has 1 fully saturated rings. The molecule has 6 nitrogen and oxygen atoms in total. The summed E-state index contributed by atoms with van der Waals surface area (Å²) in [5, 5.41) is 0. The van der Waals surface area contributed by atoms with Gasteiger partial charge in [0.05, 0.1) is 14.2 Å². The van der Waals surface area contributed by atoms with Gasteiger partial charge in [0.15, 0.2) is 0 Å². The summed E-state index contributed by atoms with van der Waals surface area (Å²) in [6, 6.07) is 13.7. The number of piperazine rings is 1. The van der Waals surface area contributed by atoms with Gasteiger partial charge in [0.25, 0.3) is 5.91 Å². The highest BCUT2D eigenvalue weighted by Gasteiger charge is 2.25. The first-order valence-corrected chi connectivity index (χ1v) is 10.4. The third-order valence-corrected chi connectivity index (χ3v) is 5.62. The highest BCUT2D eigenvalue weighted by molar-refractivity contribution is 5.95. The molecule has 3 rings (SSSR count). The summed E-state index contributed by atoms with van der Waals surface area (Å²) in [6.45, 7) is 4.09. The van der Waals surface area contributed by atoms with Crippen LogP contribution in [0.2, 0.25) is 0 Å². The van der Waals surface area contributed by atoms with Crippen LogP contribution in [-0.4, -0.2) is 62.0 Å². The van der Waals surface area contributed by atoms with Gasteiger partial charge in [-0.15, -0.1) is 0 Å². The molecule has 1 heterocycles. The zero-order valence-corrected chi connectivity index (χ0v) is 18.0. The molecule has 0 atom stereocenters. The van der Waals surface area contributed by atoms with E-state index in [0.29, 0.717) is 49.7 Å². The van der Waals surface area contributed by atoms with E-state index in [1.807, 2.05) is 30.0 Å². The summed E-state index contributed by atoms with van der Waals surface area (Å²) in [4.78, 5) is 29.1. The van der Waals surface area contributed by atoms with Gasteiger partial charge in [0.2, 0.25) is 5.91 Å². The van der Waals surface area contributed by atoms with Gasteiger partial charge >= 0.3 is 0 Å². The van der Waals surface area contributed by atoms with E-state index in [9.17, 15) is 9.59 Å². The summed E-state index contributed by atoms with van der Waals surface area (Å²) < 4.78 is 10.8. The van der Waals surface area contributed by atoms with Crippen LogP contribution in [0.5, 0.6) is 11.5 Å². The molecule has 0 spiro atoms. The second-order valence-corrected chi connectivity index (χ2v) is 7.52. The molecule has 6 heteroatoms. The van der Waals surface area contributed by atoms with E-state index < -0.39 is 0 Å². The fraction of sp³-hybridized carbons (Fsp3) is 0.417. The molecule has 1 aliphatic heterocycles. The Kier molecular flexibility index (Phi) is 7.33. The van der Waals surface area contributed by atoms with Crippen LogP contribution in [-0.2, 0) is 11.2 Å². The van der Waals surface area contributed by atoms with Gasteiger partial charge in [-0.1, -0.05) is 30.3 Å². The van der Waals surface area contributed by atoms with Gasteiger partial charge in [-0.3, -0.25) is 9.59 Å². The molecule has 1 aliphatic rings. The number of rotatable bonds is 7. The molecule has 0 bridgehead atoms. The Labute approximate surface area is 178 Å². The first kappa shape index (κ1) is 21.7. The molecule has 0 aliphatic carbocycles. The van der Waals surface area contributed by atoms with Crippen molar-refractivity contribution in [2.45, 2.75) is 26.2 Å². The van der Waals surface area contributed by atoms with Crippen LogP contribution in [0.1, 0.15) is 34.3 Å². The number of methoxy groups -OCH3 is 2. The van der Waals surface area contributed by atoms with E-state index in [4.69, 9.17) is 9.47 Å². The van der Waals surface area contributed by atoms with Gasteiger partial charge in [-0.25, -0.2) is 0 Å². The second-order valence-electron chi connectivity index (χ2n) is 7.52. The Morgan fingerprint density at radius 1 is 0.900 bits per heavy atom. The summed E-state index contributed by atoms with van der Waals surface area (Å²) in [7, 11) is 3.16. The first-order chi connectivity index (χ1) is 14.5. The van der Waals surface area contributed by atoms with E-state index in [0.717, 1.165) is 18.4 Å². The smallest absolute Gasteiger partial charge is 0.254 e. The summed E-state index contributed by atoms with van der Waals surface area (Å²) in [5.74, 6) is 1.36. The van der Waals surface area contributed by atoms with Crippen LogP contribution in [0, 0.1) is 6.92 Å². The minimum absolute atomic E-state index is 0.0669. The Balaban J connectivity index is 1.52. The van der Waals surface area contributed by atoms with Crippen LogP contribution in [0.3, 0.4) is 0 Å². The van der Waals surface area contributed by atoms with Gasteiger partial charge in [-0.05, 0) is 37.5 Å². The number of hydrogen-bond acceptors (Lipinski definition) is 4. The predicted molar refractivity (Wildman–Crippen MR) is 116 cm³/mol. The fourth-order valence-corrected chi connectivity index (χ4v) is 3.80. The largest absolute Gasteiger partial charge is 0.496 e. The highest BCUT2D eigenvalue weighted by Crippen LogP contribution is 2.30.